The first-order chi connectivity index (χ1) is 8.72. The first-order valence-corrected chi connectivity index (χ1v) is 5.93. The van der Waals surface area contributed by atoms with E-state index in [-0.39, 0.29) is 6.04 Å². The number of benzene rings is 1. The molecule has 0 spiro atoms. The van der Waals surface area contributed by atoms with Crippen molar-refractivity contribution in [1.82, 2.24) is 15.3 Å². The molecular weight excluding hydrogens is 224 g/mol. The molecule has 1 unspecified atom stereocenters. The van der Waals surface area contributed by atoms with Crippen LogP contribution in [0.1, 0.15) is 17.3 Å². The van der Waals surface area contributed by atoms with Crippen LogP contribution in [-0.4, -0.2) is 31.1 Å². The average molecular weight is 242 g/mol. The standard InChI is InChI=1S/C14H18N4/c1-15-14(13-10-16-8-9-17-13)11-4-6-12(7-5-11)18(2)3/h4-10,14-15H,1-3H3. The van der Waals surface area contributed by atoms with Crippen LogP contribution in [0.3, 0.4) is 0 Å². The highest BCUT2D eigenvalue weighted by Crippen LogP contribution is 2.21. The van der Waals surface area contributed by atoms with Gasteiger partial charge in [0.25, 0.3) is 0 Å². The monoisotopic (exact) mass is 242 g/mol. The maximum absolute atomic E-state index is 4.35. The fourth-order valence-electron chi connectivity index (χ4n) is 1.91. The molecule has 0 aliphatic heterocycles. The quantitative estimate of drug-likeness (QED) is 0.888. The van der Waals surface area contributed by atoms with Gasteiger partial charge in [-0.25, -0.2) is 0 Å². The molecule has 1 heterocycles. The SMILES string of the molecule is CNC(c1ccc(N(C)C)cc1)c1cnccn1. The van der Waals surface area contributed by atoms with Crippen LogP contribution < -0.4 is 10.2 Å². The second kappa shape index (κ2) is 5.60. The molecular formula is C14H18N4. The van der Waals surface area contributed by atoms with E-state index in [1.165, 1.54) is 11.3 Å². The molecule has 2 aromatic rings. The molecule has 4 heteroatoms. The van der Waals surface area contributed by atoms with Crippen molar-refractivity contribution in [3.8, 4) is 0 Å². The van der Waals surface area contributed by atoms with Gasteiger partial charge in [-0.2, -0.15) is 0 Å². The van der Waals surface area contributed by atoms with Gasteiger partial charge in [0, 0.05) is 32.2 Å². The molecule has 94 valence electrons. The number of hydrogen-bond donors (Lipinski definition) is 1. The van der Waals surface area contributed by atoms with Gasteiger partial charge in [-0.05, 0) is 24.7 Å². The van der Waals surface area contributed by atoms with Crippen LogP contribution in [-0.2, 0) is 0 Å². The number of rotatable bonds is 4. The summed E-state index contributed by atoms with van der Waals surface area (Å²) in [6.07, 6.45) is 5.19. The van der Waals surface area contributed by atoms with Crippen molar-refractivity contribution in [2.45, 2.75) is 6.04 Å². The van der Waals surface area contributed by atoms with E-state index >= 15 is 0 Å². The molecule has 0 aliphatic carbocycles. The minimum absolute atomic E-state index is 0.0786. The summed E-state index contributed by atoms with van der Waals surface area (Å²) in [5, 5.41) is 3.27. The van der Waals surface area contributed by atoms with Gasteiger partial charge in [0.15, 0.2) is 0 Å². The minimum Gasteiger partial charge on any atom is -0.378 e. The van der Waals surface area contributed by atoms with E-state index in [0.717, 1.165) is 5.69 Å². The average Bonchev–Trinajstić information content (AvgIpc) is 2.41. The Morgan fingerprint density at radius 1 is 1.11 bits per heavy atom. The topological polar surface area (TPSA) is 41.0 Å². The highest BCUT2D eigenvalue weighted by atomic mass is 15.1. The Morgan fingerprint density at radius 3 is 2.33 bits per heavy atom. The predicted molar refractivity (Wildman–Crippen MR) is 73.7 cm³/mol. The van der Waals surface area contributed by atoms with Crippen molar-refractivity contribution in [3.63, 3.8) is 0 Å². The molecule has 0 amide bonds. The van der Waals surface area contributed by atoms with Crippen molar-refractivity contribution in [3.05, 3.63) is 54.1 Å². The Balaban J connectivity index is 2.28. The molecule has 1 atom stereocenters. The van der Waals surface area contributed by atoms with Crippen LogP contribution >= 0.6 is 0 Å². The fraction of sp³-hybridized carbons (Fsp3) is 0.286. The lowest BCUT2D eigenvalue weighted by molar-refractivity contribution is 0.667. The second-order valence-electron chi connectivity index (χ2n) is 4.34. The van der Waals surface area contributed by atoms with Crippen molar-refractivity contribution in [1.29, 1.82) is 0 Å². The van der Waals surface area contributed by atoms with Gasteiger partial charge < -0.3 is 10.2 Å². The maximum Gasteiger partial charge on any atom is 0.0801 e. The lowest BCUT2D eigenvalue weighted by Crippen LogP contribution is -2.19. The molecule has 0 saturated carbocycles. The van der Waals surface area contributed by atoms with Crippen LogP contribution in [0.4, 0.5) is 5.69 Å². The van der Waals surface area contributed by atoms with E-state index in [1.807, 2.05) is 21.1 Å². The molecule has 4 nitrogen and oxygen atoms in total. The summed E-state index contributed by atoms with van der Waals surface area (Å²) in [6.45, 7) is 0. The smallest absolute Gasteiger partial charge is 0.0801 e. The number of anilines is 1. The van der Waals surface area contributed by atoms with E-state index in [1.54, 1.807) is 18.6 Å². The molecule has 2 rings (SSSR count). The third-order valence-corrected chi connectivity index (χ3v) is 2.91. The first-order valence-electron chi connectivity index (χ1n) is 5.93. The van der Waals surface area contributed by atoms with E-state index in [4.69, 9.17) is 0 Å². The highest BCUT2D eigenvalue weighted by Gasteiger charge is 2.13. The number of aromatic nitrogens is 2. The molecule has 0 bridgehead atoms. The lowest BCUT2D eigenvalue weighted by atomic mass is 10.0. The summed E-state index contributed by atoms with van der Waals surface area (Å²) < 4.78 is 0. The summed E-state index contributed by atoms with van der Waals surface area (Å²) in [5.41, 5.74) is 3.30. The van der Waals surface area contributed by atoms with Crippen LogP contribution in [0, 0.1) is 0 Å². The lowest BCUT2D eigenvalue weighted by Gasteiger charge is -2.18. The Morgan fingerprint density at radius 2 is 1.83 bits per heavy atom. The number of nitrogens with zero attached hydrogens (tertiary/aromatic N) is 3. The summed E-state index contributed by atoms with van der Waals surface area (Å²) >= 11 is 0. The van der Waals surface area contributed by atoms with Crippen molar-refractivity contribution >= 4 is 5.69 Å². The Labute approximate surface area is 108 Å². The van der Waals surface area contributed by atoms with Gasteiger partial charge in [0.2, 0.25) is 0 Å². The van der Waals surface area contributed by atoms with E-state index in [2.05, 4.69) is 44.5 Å². The molecule has 1 N–H and O–H groups in total. The maximum atomic E-state index is 4.35. The molecule has 0 radical (unpaired) electrons. The van der Waals surface area contributed by atoms with E-state index in [0.29, 0.717) is 0 Å². The third kappa shape index (κ3) is 2.65. The molecule has 0 aliphatic rings. The van der Waals surface area contributed by atoms with Crippen LogP contribution in [0.15, 0.2) is 42.9 Å². The van der Waals surface area contributed by atoms with E-state index < -0.39 is 0 Å². The second-order valence-corrected chi connectivity index (χ2v) is 4.34. The van der Waals surface area contributed by atoms with Gasteiger partial charge in [-0.1, -0.05) is 12.1 Å². The van der Waals surface area contributed by atoms with Gasteiger partial charge in [0.05, 0.1) is 17.9 Å². The Hall–Kier alpha value is -1.94. The van der Waals surface area contributed by atoms with Gasteiger partial charge in [0.1, 0.15) is 0 Å². The number of hydrogen-bond acceptors (Lipinski definition) is 4. The van der Waals surface area contributed by atoms with Gasteiger partial charge in [-0.3, -0.25) is 9.97 Å². The van der Waals surface area contributed by atoms with Gasteiger partial charge in [-0.15, -0.1) is 0 Å². The largest absolute Gasteiger partial charge is 0.378 e. The third-order valence-electron chi connectivity index (χ3n) is 2.91. The van der Waals surface area contributed by atoms with Crippen molar-refractivity contribution in [2.24, 2.45) is 0 Å². The number of nitrogens with one attached hydrogen (secondary N) is 1. The Bertz CT molecular complexity index is 479. The molecule has 1 aromatic heterocycles. The first kappa shape index (κ1) is 12.5. The zero-order valence-electron chi connectivity index (χ0n) is 11.0. The fourth-order valence-corrected chi connectivity index (χ4v) is 1.91. The Kier molecular flexibility index (Phi) is 3.89. The van der Waals surface area contributed by atoms with Crippen LogP contribution in [0.2, 0.25) is 0 Å². The van der Waals surface area contributed by atoms with Crippen LogP contribution in [0.5, 0.6) is 0 Å². The van der Waals surface area contributed by atoms with Crippen molar-refractivity contribution < 1.29 is 0 Å². The molecule has 18 heavy (non-hydrogen) atoms. The minimum atomic E-state index is 0.0786. The summed E-state index contributed by atoms with van der Waals surface area (Å²) in [6, 6.07) is 8.53. The van der Waals surface area contributed by atoms with Crippen molar-refractivity contribution in [2.75, 3.05) is 26.0 Å². The van der Waals surface area contributed by atoms with Crippen LogP contribution in [0.25, 0.3) is 0 Å². The normalized spacial score (nSPS) is 12.2. The summed E-state index contributed by atoms with van der Waals surface area (Å²) in [5.74, 6) is 0. The zero-order valence-corrected chi connectivity index (χ0v) is 11.0. The zero-order chi connectivity index (χ0) is 13.0. The highest BCUT2D eigenvalue weighted by molar-refractivity contribution is 5.47. The molecule has 0 saturated heterocycles. The molecule has 0 fully saturated rings. The summed E-state index contributed by atoms with van der Waals surface area (Å²) in [7, 11) is 6.00. The summed E-state index contributed by atoms with van der Waals surface area (Å²) in [4.78, 5) is 10.5. The predicted octanol–water partition coefficient (Wildman–Crippen LogP) is 1.85. The van der Waals surface area contributed by atoms with E-state index in [9.17, 15) is 0 Å². The van der Waals surface area contributed by atoms with Gasteiger partial charge >= 0.3 is 0 Å². The molecule has 1 aromatic carbocycles.